The number of hydrogen-bond donors (Lipinski definition) is 1. The van der Waals surface area contributed by atoms with E-state index in [4.69, 9.17) is 10.5 Å². The third kappa shape index (κ3) is 6.64. The van der Waals surface area contributed by atoms with Crippen LogP contribution < -0.4 is 10.6 Å². The van der Waals surface area contributed by atoms with Gasteiger partial charge in [0.1, 0.15) is 17.9 Å². The van der Waals surface area contributed by atoms with E-state index in [-0.39, 0.29) is 24.8 Å². The van der Waals surface area contributed by atoms with E-state index in [2.05, 4.69) is 9.80 Å². The van der Waals surface area contributed by atoms with Crippen LogP contribution >= 0.6 is 0 Å². The zero-order valence-corrected chi connectivity index (χ0v) is 22.9. The van der Waals surface area contributed by atoms with Crippen molar-refractivity contribution in [3.63, 3.8) is 0 Å². The Bertz CT molecular complexity index is 1040. The zero-order valence-electron chi connectivity index (χ0n) is 22.9. The first-order chi connectivity index (χ1) is 18.1. The highest BCUT2D eigenvalue weighted by atomic mass is 16.6. The van der Waals surface area contributed by atoms with Crippen LogP contribution in [0.5, 0.6) is 0 Å². The van der Waals surface area contributed by atoms with Crippen LogP contribution in [-0.2, 0) is 20.9 Å². The number of fused-ring (bicyclic) bond motifs is 1. The van der Waals surface area contributed by atoms with Crippen molar-refractivity contribution in [1.82, 2.24) is 14.7 Å². The van der Waals surface area contributed by atoms with Crippen molar-refractivity contribution in [2.75, 3.05) is 50.7 Å². The van der Waals surface area contributed by atoms with Gasteiger partial charge in [-0.1, -0.05) is 0 Å². The van der Waals surface area contributed by atoms with Gasteiger partial charge in [-0.3, -0.25) is 14.5 Å². The van der Waals surface area contributed by atoms with E-state index in [1.165, 1.54) is 4.90 Å². The lowest BCUT2D eigenvalue weighted by Gasteiger charge is -2.39. The molecule has 1 atom stereocenters. The number of anilines is 1. The summed E-state index contributed by atoms with van der Waals surface area (Å²) in [6, 6.07) is 5.10. The first kappa shape index (κ1) is 27.9. The number of ether oxygens (including phenoxy) is 1. The number of benzene rings is 1. The number of aldehydes is 1. The summed E-state index contributed by atoms with van der Waals surface area (Å²) in [5.74, 6) is -0.210. The van der Waals surface area contributed by atoms with Gasteiger partial charge in [-0.15, -0.1) is 0 Å². The maximum absolute atomic E-state index is 12.9. The van der Waals surface area contributed by atoms with Crippen molar-refractivity contribution >= 4 is 29.9 Å². The van der Waals surface area contributed by atoms with Crippen molar-refractivity contribution in [2.24, 2.45) is 11.7 Å². The predicted octanol–water partition coefficient (Wildman–Crippen LogP) is 2.24. The fourth-order valence-electron chi connectivity index (χ4n) is 5.63. The number of likely N-dealkylation sites (tertiary alicyclic amines) is 1. The van der Waals surface area contributed by atoms with Gasteiger partial charge in [0.25, 0.3) is 5.91 Å². The minimum atomic E-state index is -0.775. The standard InChI is InChI=1S/C28H41N5O5/c1-28(2,3)38-27(37)32-10-8-20(9-11-32)18-30-12-14-31(15-13-30)22-6-7-23-21(17-22)19-33(26(23)36)24(25(29)35)5-4-16-34/h6-7,16-17,20,24H,4-5,8-15,18-19H2,1-3H3,(H2,29,35). The van der Waals surface area contributed by atoms with Crippen LogP contribution in [0.2, 0.25) is 0 Å². The van der Waals surface area contributed by atoms with E-state index in [1.807, 2.05) is 43.9 Å². The lowest BCUT2D eigenvalue weighted by Crippen LogP contribution is -2.49. The van der Waals surface area contributed by atoms with Gasteiger partial charge in [0, 0.05) is 70.0 Å². The minimum Gasteiger partial charge on any atom is -0.444 e. The molecule has 3 aliphatic rings. The molecule has 0 saturated carbocycles. The molecular formula is C28H41N5O5. The van der Waals surface area contributed by atoms with E-state index in [1.54, 1.807) is 0 Å². The van der Waals surface area contributed by atoms with Gasteiger partial charge in [-0.2, -0.15) is 0 Å². The average molecular weight is 528 g/mol. The number of hydrogen-bond acceptors (Lipinski definition) is 7. The van der Waals surface area contributed by atoms with Gasteiger partial charge >= 0.3 is 6.09 Å². The normalized spacial score (nSPS) is 19.9. The molecule has 2 fully saturated rings. The number of carbonyl (C=O) groups is 4. The number of carbonyl (C=O) groups excluding carboxylic acids is 4. The molecule has 38 heavy (non-hydrogen) atoms. The van der Waals surface area contributed by atoms with Crippen LogP contribution in [0.15, 0.2) is 18.2 Å². The molecule has 2 saturated heterocycles. The number of nitrogens with zero attached hydrogens (tertiary/aromatic N) is 4. The molecule has 0 aliphatic carbocycles. The lowest BCUT2D eigenvalue weighted by molar-refractivity contribution is -0.122. The summed E-state index contributed by atoms with van der Waals surface area (Å²) in [4.78, 5) is 56.2. The Morgan fingerprint density at radius 2 is 1.79 bits per heavy atom. The molecule has 3 aliphatic heterocycles. The highest BCUT2D eigenvalue weighted by molar-refractivity contribution is 6.01. The van der Waals surface area contributed by atoms with E-state index >= 15 is 0 Å². The molecule has 0 radical (unpaired) electrons. The van der Waals surface area contributed by atoms with Gasteiger partial charge in [-0.25, -0.2) is 4.79 Å². The van der Waals surface area contributed by atoms with Gasteiger partial charge in [0.15, 0.2) is 0 Å². The van der Waals surface area contributed by atoms with Crippen molar-refractivity contribution in [3.8, 4) is 0 Å². The van der Waals surface area contributed by atoms with Crippen LogP contribution in [0.3, 0.4) is 0 Å². The number of piperazine rings is 1. The van der Waals surface area contributed by atoms with Gasteiger partial charge in [0.05, 0.1) is 0 Å². The van der Waals surface area contributed by atoms with E-state index in [0.717, 1.165) is 76.2 Å². The molecule has 2 N–H and O–H groups in total. The lowest BCUT2D eigenvalue weighted by atomic mass is 9.96. The van der Waals surface area contributed by atoms with Crippen molar-refractivity contribution in [1.29, 1.82) is 0 Å². The van der Waals surface area contributed by atoms with Crippen LogP contribution in [0.1, 0.15) is 62.4 Å². The maximum Gasteiger partial charge on any atom is 0.410 e. The summed E-state index contributed by atoms with van der Waals surface area (Å²) in [5, 5.41) is 0. The first-order valence-corrected chi connectivity index (χ1v) is 13.7. The third-order valence-electron chi connectivity index (χ3n) is 7.70. The van der Waals surface area contributed by atoms with E-state index in [0.29, 0.717) is 18.0 Å². The average Bonchev–Trinajstić information content (AvgIpc) is 3.19. The Hall–Kier alpha value is -3.14. The Morgan fingerprint density at radius 1 is 1.11 bits per heavy atom. The van der Waals surface area contributed by atoms with Crippen LogP contribution in [0.4, 0.5) is 10.5 Å². The highest BCUT2D eigenvalue weighted by Crippen LogP contribution is 2.30. The molecule has 10 nitrogen and oxygen atoms in total. The molecular weight excluding hydrogens is 486 g/mol. The molecule has 1 unspecified atom stereocenters. The molecule has 0 bridgehead atoms. The largest absolute Gasteiger partial charge is 0.444 e. The molecule has 208 valence electrons. The summed E-state index contributed by atoms with van der Waals surface area (Å²) >= 11 is 0. The third-order valence-corrected chi connectivity index (χ3v) is 7.70. The van der Waals surface area contributed by atoms with E-state index in [9.17, 15) is 19.2 Å². The molecule has 3 heterocycles. The second-order valence-corrected chi connectivity index (χ2v) is 11.6. The summed E-state index contributed by atoms with van der Waals surface area (Å²) in [5.41, 5.74) is 7.64. The van der Waals surface area contributed by atoms with Crippen LogP contribution in [-0.4, -0.2) is 96.3 Å². The number of primary amides is 1. The quantitative estimate of drug-likeness (QED) is 0.516. The molecule has 10 heteroatoms. The van der Waals surface area contributed by atoms with Gasteiger partial charge in [-0.05, 0) is 69.7 Å². The van der Waals surface area contributed by atoms with E-state index < -0.39 is 17.6 Å². The number of amides is 3. The number of nitrogens with two attached hydrogens (primary N) is 1. The Labute approximate surface area is 225 Å². The Kier molecular flexibility index (Phi) is 8.60. The maximum atomic E-state index is 12.9. The first-order valence-electron chi connectivity index (χ1n) is 13.7. The second kappa shape index (κ2) is 11.7. The fraction of sp³-hybridized carbons (Fsp3) is 0.643. The number of piperidine rings is 1. The molecule has 1 aromatic rings. The molecule has 1 aromatic carbocycles. The van der Waals surface area contributed by atoms with Gasteiger partial charge in [0.2, 0.25) is 5.91 Å². The predicted molar refractivity (Wildman–Crippen MR) is 144 cm³/mol. The van der Waals surface area contributed by atoms with Crippen molar-refractivity contribution in [2.45, 2.75) is 64.6 Å². The smallest absolute Gasteiger partial charge is 0.410 e. The Balaban J connectivity index is 1.26. The molecule has 0 spiro atoms. The van der Waals surface area contributed by atoms with Gasteiger partial charge < -0.3 is 30.0 Å². The monoisotopic (exact) mass is 527 g/mol. The Morgan fingerprint density at radius 3 is 2.39 bits per heavy atom. The summed E-state index contributed by atoms with van der Waals surface area (Å²) in [6.45, 7) is 12.3. The minimum absolute atomic E-state index is 0.187. The second-order valence-electron chi connectivity index (χ2n) is 11.6. The summed E-state index contributed by atoms with van der Waals surface area (Å²) in [6.07, 6.45) is 2.95. The summed E-state index contributed by atoms with van der Waals surface area (Å²) < 4.78 is 5.51. The molecule has 3 amide bonds. The number of rotatable bonds is 8. The molecule has 4 rings (SSSR count). The topological polar surface area (TPSA) is 116 Å². The van der Waals surface area contributed by atoms with Crippen LogP contribution in [0.25, 0.3) is 0 Å². The van der Waals surface area contributed by atoms with Crippen molar-refractivity contribution in [3.05, 3.63) is 29.3 Å². The fourth-order valence-corrected chi connectivity index (χ4v) is 5.63. The van der Waals surface area contributed by atoms with Crippen LogP contribution in [0, 0.1) is 5.92 Å². The zero-order chi connectivity index (χ0) is 27.4. The molecule has 0 aromatic heterocycles. The highest BCUT2D eigenvalue weighted by Gasteiger charge is 2.36. The SMILES string of the molecule is CC(C)(C)OC(=O)N1CCC(CN2CCN(c3ccc4c(c3)CN(C(CCC=O)C(N)=O)C4=O)CC2)CC1. The summed E-state index contributed by atoms with van der Waals surface area (Å²) in [7, 11) is 0. The van der Waals surface area contributed by atoms with Crippen molar-refractivity contribution < 1.29 is 23.9 Å².